The van der Waals surface area contributed by atoms with Gasteiger partial charge in [-0.3, -0.25) is 0 Å². The first kappa shape index (κ1) is 16.5. The van der Waals surface area contributed by atoms with Crippen molar-refractivity contribution in [2.75, 3.05) is 36.9 Å². The summed E-state index contributed by atoms with van der Waals surface area (Å²) >= 11 is 0. The van der Waals surface area contributed by atoms with Crippen LogP contribution in [-0.4, -0.2) is 42.4 Å². The first-order chi connectivity index (χ1) is 9.44. The summed E-state index contributed by atoms with van der Waals surface area (Å²) in [7, 11) is 0. The van der Waals surface area contributed by atoms with Crippen LogP contribution in [0.2, 0.25) is 0 Å². The molecule has 0 aliphatic rings. The van der Waals surface area contributed by atoms with E-state index >= 15 is 0 Å². The van der Waals surface area contributed by atoms with Crippen LogP contribution in [0.25, 0.3) is 0 Å². The largest absolute Gasteiger partial charge is 0.411 e. The van der Waals surface area contributed by atoms with Gasteiger partial charge in [0.2, 0.25) is 0 Å². The van der Waals surface area contributed by atoms with Crippen LogP contribution in [-0.2, 0) is 11.2 Å². The molecule has 2 N–H and O–H groups in total. The number of halogens is 3. The predicted molar refractivity (Wildman–Crippen MR) is 70.9 cm³/mol. The number of aryl methyl sites for hydroxylation is 1. The van der Waals surface area contributed by atoms with E-state index < -0.39 is 12.8 Å². The van der Waals surface area contributed by atoms with Crippen molar-refractivity contribution >= 4 is 11.6 Å². The lowest BCUT2D eigenvalue weighted by Gasteiger charge is -2.11. The van der Waals surface area contributed by atoms with E-state index in [1.165, 1.54) is 0 Å². The Morgan fingerprint density at radius 2 is 1.80 bits per heavy atom. The van der Waals surface area contributed by atoms with E-state index in [9.17, 15) is 13.2 Å². The van der Waals surface area contributed by atoms with Crippen molar-refractivity contribution in [1.29, 1.82) is 0 Å². The highest BCUT2D eigenvalue weighted by molar-refractivity contribution is 5.47. The lowest BCUT2D eigenvalue weighted by atomic mass is 10.4. The minimum absolute atomic E-state index is 0.0402. The van der Waals surface area contributed by atoms with Crippen LogP contribution in [0.3, 0.4) is 0 Å². The van der Waals surface area contributed by atoms with E-state index in [0.29, 0.717) is 23.9 Å². The summed E-state index contributed by atoms with van der Waals surface area (Å²) in [5.74, 6) is 1.93. The number of nitrogens with one attached hydrogen (secondary N) is 2. The van der Waals surface area contributed by atoms with Crippen molar-refractivity contribution in [1.82, 2.24) is 9.97 Å². The van der Waals surface area contributed by atoms with Crippen molar-refractivity contribution in [3.05, 3.63) is 11.9 Å². The average Bonchev–Trinajstić information content (AvgIpc) is 2.37. The van der Waals surface area contributed by atoms with Crippen molar-refractivity contribution < 1.29 is 17.9 Å². The minimum Gasteiger partial charge on any atom is -0.370 e. The topological polar surface area (TPSA) is 59.1 Å². The Labute approximate surface area is 116 Å². The summed E-state index contributed by atoms with van der Waals surface area (Å²) in [6.07, 6.45) is -3.61. The van der Waals surface area contributed by atoms with Crippen LogP contribution in [0.15, 0.2) is 6.07 Å². The fourth-order valence-corrected chi connectivity index (χ4v) is 1.46. The van der Waals surface area contributed by atoms with Gasteiger partial charge in [-0.05, 0) is 6.92 Å². The van der Waals surface area contributed by atoms with Crippen LogP contribution in [0, 0.1) is 0 Å². The Balaban J connectivity index is 2.44. The van der Waals surface area contributed by atoms with Gasteiger partial charge in [-0.15, -0.1) is 0 Å². The molecule has 8 heteroatoms. The van der Waals surface area contributed by atoms with E-state index in [0.717, 1.165) is 6.54 Å². The highest BCUT2D eigenvalue weighted by Gasteiger charge is 2.27. The molecule has 0 saturated carbocycles. The van der Waals surface area contributed by atoms with Gasteiger partial charge in [-0.1, -0.05) is 6.92 Å². The van der Waals surface area contributed by atoms with Crippen LogP contribution in [0.4, 0.5) is 24.8 Å². The zero-order valence-electron chi connectivity index (χ0n) is 11.5. The van der Waals surface area contributed by atoms with Gasteiger partial charge in [0.1, 0.15) is 24.1 Å². The number of hydrogen-bond donors (Lipinski definition) is 2. The number of ether oxygens (including phenoxy) is 1. The Hall–Kier alpha value is -1.57. The monoisotopic (exact) mass is 292 g/mol. The molecule has 1 heterocycles. The number of aromatic nitrogens is 2. The number of alkyl halides is 3. The molecule has 1 rings (SSSR count). The number of hydrogen-bond acceptors (Lipinski definition) is 5. The maximum atomic E-state index is 11.9. The molecule has 0 aliphatic heterocycles. The fourth-order valence-electron chi connectivity index (χ4n) is 1.46. The summed E-state index contributed by atoms with van der Waals surface area (Å²) in [6, 6.07) is 1.71. The van der Waals surface area contributed by atoms with Crippen LogP contribution < -0.4 is 10.6 Å². The summed E-state index contributed by atoms with van der Waals surface area (Å²) in [5, 5.41) is 5.99. The highest BCUT2D eigenvalue weighted by Crippen LogP contribution is 2.14. The van der Waals surface area contributed by atoms with Gasteiger partial charge in [0, 0.05) is 25.6 Å². The third kappa shape index (κ3) is 6.55. The SMILES string of the molecule is CCNc1cc(NCCOCC(F)(F)F)nc(CC)n1. The molecule has 0 unspecified atom stereocenters. The molecular weight excluding hydrogens is 273 g/mol. The first-order valence-electron chi connectivity index (χ1n) is 6.44. The number of anilines is 2. The Morgan fingerprint density at radius 3 is 2.35 bits per heavy atom. The van der Waals surface area contributed by atoms with E-state index in [-0.39, 0.29) is 13.2 Å². The van der Waals surface area contributed by atoms with Gasteiger partial charge in [-0.25, -0.2) is 9.97 Å². The quantitative estimate of drug-likeness (QED) is 0.721. The lowest BCUT2D eigenvalue weighted by Crippen LogP contribution is -2.20. The Kier molecular flexibility index (Phi) is 6.50. The molecule has 0 fully saturated rings. The molecule has 0 radical (unpaired) electrons. The third-order valence-electron chi connectivity index (χ3n) is 2.26. The molecule has 0 aromatic carbocycles. The molecule has 0 spiro atoms. The zero-order chi connectivity index (χ0) is 15.0. The molecule has 0 atom stereocenters. The van der Waals surface area contributed by atoms with Crippen LogP contribution >= 0.6 is 0 Å². The van der Waals surface area contributed by atoms with Crippen molar-refractivity contribution in [3.8, 4) is 0 Å². The molecule has 1 aromatic rings. The molecule has 0 aliphatic carbocycles. The van der Waals surface area contributed by atoms with Gasteiger partial charge < -0.3 is 15.4 Å². The van der Waals surface area contributed by atoms with Crippen molar-refractivity contribution in [3.63, 3.8) is 0 Å². The standard InChI is InChI=1S/C12H19F3N4O/c1-3-9-18-10(16-4-2)7-11(19-9)17-5-6-20-8-12(13,14)15/h7H,3-6,8H2,1-2H3,(H2,16,17,18,19). The number of rotatable bonds is 8. The van der Waals surface area contributed by atoms with E-state index in [4.69, 9.17) is 0 Å². The molecular formula is C12H19F3N4O. The Bertz CT molecular complexity index is 412. The van der Waals surface area contributed by atoms with Gasteiger partial charge >= 0.3 is 6.18 Å². The van der Waals surface area contributed by atoms with Gasteiger partial charge in [0.05, 0.1) is 6.61 Å². The molecule has 0 amide bonds. The van der Waals surface area contributed by atoms with Crippen LogP contribution in [0.1, 0.15) is 19.7 Å². The van der Waals surface area contributed by atoms with Gasteiger partial charge in [0.15, 0.2) is 0 Å². The highest BCUT2D eigenvalue weighted by atomic mass is 19.4. The van der Waals surface area contributed by atoms with E-state index in [2.05, 4.69) is 25.3 Å². The van der Waals surface area contributed by atoms with Crippen LogP contribution in [0.5, 0.6) is 0 Å². The summed E-state index contributed by atoms with van der Waals surface area (Å²) in [6.45, 7) is 3.59. The summed E-state index contributed by atoms with van der Waals surface area (Å²) in [4.78, 5) is 8.52. The molecule has 114 valence electrons. The lowest BCUT2D eigenvalue weighted by molar-refractivity contribution is -0.172. The molecule has 0 saturated heterocycles. The number of nitrogens with zero attached hydrogens (tertiary/aromatic N) is 2. The minimum atomic E-state index is -4.29. The van der Waals surface area contributed by atoms with Crippen molar-refractivity contribution in [2.45, 2.75) is 26.4 Å². The smallest absolute Gasteiger partial charge is 0.370 e. The van der Waals surface area contributed by atoms with Gasteiger partial charge in [0.25, 0.3) is 0 Å². The first-order valence-corrected chi connectivity index (χ1v) is 6.44. The fraction of sp³-hybridized carbons (Fsp3) is 0.667. The van der Waals surface area contributed by atoms with Gasteiger partial charge in [-0.2, -0.15) is 13.2 Å². The second-order valence-electron chi connectivity index (χ2n) is 4.03. The molecule has 5 nitrogen and oxygen atoms in total. The molecule has 20 heavy (non-hydrogen) atoms. The normalized spacial score (nSPS) is 11.4. The molecule has 0 bridgehead atoms. The summed E-state index contributed by atoms with van der Waals surface area (Å²) < 4.78 is 40.1. The second-order valence-corrected chi connectivity index (χ2v) is 4.03. The average molecular weight is 292 g/mol. The Morgan fingerprint density at radius 1 is 1.15 bits per heavy atom. The third-order valence-corrected chi connectivity index (χ3v) is 2.26. The zero-order valence-corrected chi connectivity index (χ0v) is 11.5. The predicted octanol–water partition coefficient (Wildman–Crippen LogP) is 2.46. The van der Waals surface area contributed by atoms with E-state index in [1.807, 2.05) is 13.8 Å². The molecule has 1 aromatic heterocycles. The van der Waals surface area contributed by atoms with Crippen molar-refractivity contribution in [2.24, 2.45) is 0 Å². The van der Waals surface area contributed by atoms with E-state index in [1.54, 1.807) is 6.07 Å². The maximum Gasteiger partial charge on any atom is 0.411 e. The maximum absolute atomic E-state index is 11.9. The second kappa shape index (κ2) is 7.88. The summed E-state index contributed by atoms with van der Waals surface area (Å²) in [5.41, 5.74) is 0.